The van der Waals surface area contributed by atoms with Gasteiger partial charge in [-0.05, 0) is 0 Å². The van der Waals surface area contributed by atoms with E-state index in [1.807, 2.05) is 0 Å². The van der Waals surface area contributed by atoms with E-state index in [2.05, 4.69) is 20.5 Å². The van der Waals surface area contributed by atoms with Crippen molar-refractivity contribution in [1.29, 1.82) is 0 Å². The van der Waals surface area contributed by atoms with Crippen molar-refractivity contribution in [2.75, 3.05) is 11.9 Å². The third-order valence-electron chi connectivity index (χ3n) is 2.15. The van der Waals surface area contributed by atoms with Crippen LogP contribution in [0.25, 0.3) is 0 Å². The van der Waals surface area contributed by atoms with Crippen molar-refractivity contribution in [3.05, 3.63) is 0 Å². The lowest BCUT2D eigenvalue weighted by atomic mass is 9.99. The maximum Gasteiger partial charge on any atom is 0.469 e. The zero-order chi connectivity index (χ0) is 16.1. The van der Waals surface area contributed by atoms with E-state index in [1.165, 1.54) is 0 Å². The molecule has 6 N–H and O–H groups in total. The van der Waals surface area contributed by atoms with Gasteiger partial charge in [0.25, 0.3) is 0 Å². The van der Waals surface area contributed by atoms with Crippen molar-refractivity contribution in [2.24, 2.45) is 0 Å². The second kappa shape index (κ2) is 8.27. The largest absolute Gasteiger partial charge is 0.469 e. The standard InChI is InChI=1S/C8H14BrO10P/c9-1-3(10)5(12)7(14)8(15)6(13)4(11)2-19-20(16,17)18/h4,6-8,11,13-15H,1-2H2,(H2,16,17,18)/t4-,6-,7+,8+/m1/s1. The molecule has 0 unspecified atom stereocenters. The molecule has 20 heavy (non-hydrogen) atoms. The van der Waals surface area contributed by atoms with Crippen LogP contribution in [0.15, 0.2) is 0 Å². The topological polar surface area (TPSA) is 182 Å². The smallest absolute Gasteiger partial charge is 0.388 e. The second-order valence-electron chi connectivity index (χ2n) is 3.70. The van der Waals surface area contributed by atoms with E-state index in [-0.39, 0.29) is 0 Å². The average molecular weight is 381 g/mol. The summed E-state index contributed by atoms with van der Waals surface area (Å²) in [4.78, 5) is 38.9. The highest BCUT2D eigenvalue weighted by Crippen LogP contribution is 2.35. The number of ketones is 2. The number of aliphatic hydroxyl groups is 4. The van der Waals surface area contributed by atoms with Crippen molar-refractivity contribution < 1.29 is 48.9 Å². The minimum Gasteiger partial charge on any atom is -0.388 e. The Morgan fingerprint density at radius 2 is 1.60 bits per heavy atom. The van der Waals surface area contributed by atoms with Crippen molar-refractivity contribution in [3.8, 4) is 0 Å². The van der Waals surface area contributed by atoms with Crippen LogP contribution in [0, 0.1) is 0 Å². The molecule has 0 heterocycles. The van der Waals surface area contributed by atoms with Gasteiger partial charge in [-0.1, -0.05) is 15.9 Å². The van der Waals surface area contributed by atoms with Crippen molar-refractivity contribution >= 4 is 35.3 Å². The van der Waals surface area contributed by atoms with Crippen molar-refractivity contribution in [3.63, 3.8) is 0 Å². The maximum atomic E-state index is 11.2. The minimum absolute atomic E-state index is 0.407. The van der Waals surface area contributed by atoms with Crippen LogP contribution in [0.1, 0.15) is 0 Å². The van der Waals surface area contributed by atoms with Gasteiger partial charge in [0, 0.05) is 0 Å². The fourth-order valence-corrected chi connectivity index (χ4v) is 1.70. The predicted octanol–water partition coefficient (Wildman–Crippen LogP) is -2.93. The fourth-order valence-electron chi connectivity index (χ4n) is 1.07. The lowest BCUT2D eigenvalue weighted by molar-refractivity contribution is -0.153. The van der Waals surface area contributed by atoms with Crippen LogP contribution >= 0.6 is 23.8 Å². The number of hydrogen-bond donors (Lipinski definition) is 6. The van der Waals surface area contributed by atoms with Gasteiger partial charge >= 0.3 is 7.82 Å². The Morgan fingerprint density at radius 3 is 2.00 bits per heavy atom. The highest BCUT2D eigenvalue weighted by molar-refractivity contribution is 9.09. The first-order chi connectivity index (χ1) is 9.01. The van der Waals surface area contributed by atoms with Gasteiger partial charge in [-0.2, -0.15) is 0 Å². The molecule has 0 aromatic heterocycles. The molecular formula is C8H14BrO10P. The molecule has 0 aromatic rings. The SMILES string of the molecule is O=C(CBr)C(=O)[C@H](O)[C@@H](O)[C@H](O)[C@H](O)COP(=O)(O)O. The normalized spacial score (nSPS) is 18.1. The summed E-state index contributed by atoms with van der Waals surface area (Å²) < 4.78 is 14.2. The Kier molecular flexibility index (Phi) is 8.18. The molecule has 0 fully saturated rings. The lowest BCUT2D eigenvalue weighted by Crippen LogP contribution is -2.50. The average Bonchev–Trinajstić information content (AvgIpc) is 2.39. The first kappa shape index (κ1) is 19.8. The van der Waals surface area contributed by atoms with Crippen molar-refractivity contribution in [2.45, 2.75) is 24.4 Å². The van der Waals surface area contributed by atoms with E-state index in [1.54, 1.807) is 0 Å². The number of phosphoric ester groups is 1. The van der Waals surface area contributed by atoms with Gasteiger partial charge in [0.2, 0.25) is 11.6 Å². The number of Topliss-reactive ketones (excluding diaryl/α,β-unsaturated/α-hetero) is 2. The van der Waals surface area contributed by atoms with E-state index in [0.29, 0.717) is 0 Å². The summed E-state index contributed by atoms with van der Waals surface area (Å²) in [5, 5.41) is 37.0. The third-order valence-corrected chi connectivity index (χ3v) is 3.14. The first-order valence-corrected chi connectivity index (χ1v) is 7.71. The molecule has 0 saturated heterocycles. The van der Waals surface area contributed by atoms with E-state index in [0.717, 1.165) is 0 Å². The molecule has 0 aliphatic heterocycles. The number of carbonyl (C=O) groups excluding carboxylic acids is 2. The number of alkyl halides is 1. The summed E-state index contributed by atoms with van der Waals surface area (Å²) in [7, 11) is -4.90. The fraction of sp³-hybridized carbons (Fsp3) is 0.750. The first-order valence-electron chi connectivity index (χ1n) is 5.06. The molecule has 0 radical (unpaired) electrons. The third kappa shape index (κ3) is 6.48. The second-order valence-corrected chi connectivity index (χ2v) is 5.50. The van der Waals surface area contributed by atoms with Gasteiger partial charge < -0.3 is 30.2 Å². The van der Waals surface area contributed by atoms with Crippen molar-refractivity contribution in [1.82, 2.24) is 0 Å². The molecule has 118 valence electrons. The molecule has 0 aromatic carbocycles. The number of aliphatic hydroxyl groups excluding tert-OH is 4. The molecule has 0 aliphatic rings. The molecule has 0 aliphatic carbocycles. The molecule has 12 heteroatoms. The maximum absolute atomic E-state index is 11.2. The Balaban J connectivity index is 4.59. The number of carbonyl (C=O) groups is 2. The highest BCUT2D eigenvalue weighted by atomic mass is 79.9. The van der Waals surface area contributed by atoms with Gasteiger partial charge in [0.1, 0.15) is 24.4 Å². The molecule has 0 spiro atoms. The van der Waals surface area contributed by atoms with E-state index in [9.17, 15) is 34.6 Å². The Hall–Kier alpha value is -0.230. The molecular weight excluding hydrogens is 367 g/mol. The van der Waals surface area contributed by atoms with Gasteiger partial charge in [0.15, 0.2) is 0 Å². The van der Waals surface area contributed by atoms with Gasteiger partial charge in [0.05, 0.1) is 11.9 Å². The summed E-state index contributed by atoms with van der Waals surface area (Å²) in [5.74, 6) is -2.46. The molecule has 0 bridgehead atoms. The number of phosphoric acid groups is 1. The van der Waals surface area contributed by atoms with Crippen LogP contribution in [0.5, 0.6) is 0 Å². The molecule has 10 nitrogen and oxygen atoms in total. The number of halogens is 1. The van der Waals surface area contributed by atoms with Crippen LogP contribution in [0.4, 0.5) is 0 Å². The zero-order valence-electron chi connectivity index (χ0n) is 9.87. The number of hydrogen-bond acceptors (Lipinski definition) is 8. The summed E-state index contributed by atoms with van der Waals surface area (Å²) in [6.07, 6.45) is -8.69. The van der Waals surface area contributed by atoms with Gasteiger partial charge in [-0.3, -0.25) is 14.1 Å². The molecule has 0 rings (SSSR count). The minimum atomic E-state index is -4.90. The van der Waals surface area contributed by atoms with Gasteiger partial charge in [-0.15, -0.1) is 0 Å². The summed E-state index contributed by atoms with van der Waals surface area (Å²) in [6, 6.07) is 0. The summed E-state index contributed by atoms with van der Waals surface area (Å²) in [6.45, 7) is -1.06. The monoisotopic (exact) mass is 380 g/mol. The van der Waals surface area contributed by atoms with E-state index >= 15 is 0 Å². The number of rotatable bonds is 9. The molecule has 0 saturated carbocycles. The Labute approximate surface area is 121 Å². The predicted molar refractivity (Wildman–Crippen MR) is 65.8 cm³/mol. The van der Waals surface area contributed by atoms with E-state index < -0.39 is 55.7 Å². The Bertz CT molecular complexity index is 395. The van der Waals surface area contributed by atoms with Crippen LogP contribution in [0.3, 0.4) is 0 Å². The lowest BCUT2D eigenvalue weighted by Gasteiger charge is -2.25. The van der Waals surface area contributed by atoms with Gasteiger partial charge in [-0.25, -0.2) is 4.57 Å². The summed E-state index contributed by atoms with van der Waals surface area (Å²) >= 11 is 2.66. The molecule has 4 atom stereocenters. The van der Waals surface area contributed by atoms with Crippen LogP contribution in [-0.4, -0.2) is 78.1 Å². The highest BCUT2D eigenvalue weighted by Gasteiger charge is 2.37. The Morgan fingerprint density at radius 1 is 1.10 bits per heavy atom. The van der Waals surface area contributed by atoms with E-state index in [4.69, 9.17) is 9.79 Å². The zero-order valence-corrected chi connectivity index (χ0v) is 12.3. The van der Waals surface area contributed by atoms with Crippen LogP contribution < -0.4 is 0 Å². The molecule has 0 amide bonds. The quantitative estimate of drug-likeness (QED) is 0.137. The van der Waals surface area contributed by atoms with Crippen LogP contribution in [-0.2, 0) is 18.7 Å². The van der Waals surface area contributed by atoms with Crippen LogP contribution in [0.2, 0.25) is 0 Å². The summed E-state index contributed by atoms with van der Waals surface area (Å²) in [5.41, 5.74) is 0.